The van der Waals surface area contributed by atoms with Gasteiger partial charge >= 0.3 is 0 Å². The molecule has 1 heterocycles. The lowest BCUT2D eigenvalue weighted by Gasteiger charge is -2.41. The first-order valence-corrected chi connectivity index (χ1v) is 10.1. The second kappa shape index (κ2) is 9.33. The van der Waals surface area contributed by atoms with Crippen LogP contribution in [0.2, 0.25) is 0 Å². The number of nitrogens with one attached hydrogen (secondary N) is 2. The number of benzene rings is 1. The fourth-order valence-electron chi connectivity index (χ4n) is 3.82. The Hall–Kier alpha value is -1.92. The number of amides is 2. The van der Waals surface area contributed by atoms with Crippen LogP contribution in [0.3, 0.4) is 0 Å². The topological polar surface area (TPSA) is 70.7 Å². The Balaban J connectivity index is 1.55. The van der Waals surface area contributed by atoms with E-state index in [4.69, 9.17) is 4.74 Å². The van der Waals surface area contributed by atoms with Gasteiger partial charge in [0.15, 0.2) is 0 Å². The summed E-state index contributed by atoms with van der Waals surface area (Å²) in [5, 5.41) is 6.05. The molecule has 27 heavy (non-hydrogen) atoms. The molecule has 6 nitrogen and oxygen atoms in total. The van der Waals surface area contributed by atoms with Gasteiger partial charge in [0.2, 0.25) is 11.8 Å². The Morgan fingerprint density at radius 1 is 1.15 bits per heavy atom. The maximum absolute atomic E-state index is 12.9. The van der Waals surface area contributed by atoms with E-state index in [-0.39, 0.29) is 11.8 Å². The van der Waals surface area contributed by atoms with Crippen LogP contribution in [-0.4, -0.2) is 56.1 Å². The van der Waals surface area contributed by atoms with Crippen LogP contribution < -0.4 is 10.6 Å². The molecule has 1 aromatic rings. The lowest BCUT2D eigenvalue weighted by atomic mass is 9.64. The van der Waals surface area contributed by atoms with Crippen LogP contribution in [0.15, 0.2) is 24.3 Å². The second-order valence-electron chi connectivity index (χ2n) is 7.52. The zero-order valence-electron chi connectivity index (χ0n) is 16.3. The van der Waals surface area contributed by atoms with Gasteiger partial charge in [0.1, 0.15) is 0 Å². The summed E-state index contributed by atoms with van der Waals surface area (Å²) in [4.78, 5) is 27.0. The molecule has 1 aromatic carbocycles. The first kappa shape index (κ1) is 19.8. The fraction of sp³-hybridized carbons (Fsp3) is 0.619. The van der Waals surface area contributed by atoms with E-state index in [9.17, 15) is 9.59 Å². The van der Waals surface area contributed by atoms with Gasteiger partial charge in [-0.3, -0.25) is 14.5 Å². The molecule has 2 amide bonds. The molecule has 0 atom stereocenters. The molecule has 0 bridgehead atoms. The number of carbonyl (C=O) groups excluding carboxylic acids is 2. The Labute approximate surface area is 161 Å². The van der Waals surface area contributed by atoms with Crippen LogP contribution in [0.4, 0.5) is 5.69 Å². The predicted molar refractivity (Wildman–Crippen MR) is 106 cm³/mol. The van der Waals surface area contributed by atoms with E-state index in [2.05, 4.69) is 15.5 Å². The van der Waals surface area contributed by atoms with Crippen LogP contribution in [0.5, 0.6) is 0 Å². The minimum absolute atomic E-state index is 0.0319. The quantitative estimate of drug-likeness (QED) is 0.734. The number of carbonyl (C=O) groups is 2. The number of ether oxygens (including phenoxy) is 1. The van der Waals surface area contributed by atoms with Crippen molar-refractivity contribution in [3.63, 3.8) is 0 Å². The highest BCUT2D eigenvalue weighted by Crippen LogP contribution is 2.44. The summed E-state index contributed by atoms with van der Waals surface area (Å²) in [7, 11) is 0. The largest absolute Gasteiger partial charge is 0.379 e. The smallest absolute Gasteiger partial charge is 0.230 e. The Kier molecular flexibility index (Phi) is 6.85. The van der Waals surface area contributed by atoms with Gasteiger partial charge in [-0.05, 0) is 37.0 Å². The standard InChI is InChI=1S/C21H31N3O3/c1-2-4-19(25)23-18-7-5-17(6-8-18)21(9-3-10-21)20(26)22-11-12-24-13-15-27-16-14-24/h5-8H,2-4,9-16H2,1H3,(H,22,26)(H,23,25). The summed E-state index contributed by atoms with van der Waals surface area (Å²) in [5.41, 5.74) is 1.43. The zero-order valence-corrected chi connectivity index (χ0v) is 16.3. The van der Waals surface area contributed by atoms with Crippen LogP contribution in [0, 0.1) is 0 Å². The highest BCUT2D eigenvalue weighted by atomic mass is 16.5. The summed E-state index contributed by atoms with van der Waals surface area (Å²) >= 11 is 0. The molecular formula is C21H31N3O3. The number of rotatable bonds is 8. The Bertz CT molecular complexity index is 635. The SMILES string of the molecule is CCCC(=O)Nc1ccc(C2(C(=O)NCCN3CCOCC3)CCC2)cc1. The van der Waals surface area contributed by atoms with Crippen molar-refractivity contribution in [2.24, 2.45) is 0 Å². The molecule has 1 saturated heterocycles. The van der Waals surface area contributed by atoms with Crippen molar-refractivity contribution >= 4 is 17.5 Å². The predicted octanol–water partition coefficient (Wildman–Crippen LogP) is 2.30. The van der Waals surface area contributed by atoms with Crippen molar-refractivity contribution < 1.29 is 14.3 Å². The summed E-state index contributed by atoms with van der Waals surface area (Å²) < 4.78 is 5.36. The van der Waals surface area contributed by atoms with E-state index < -0.39 is 5.41 Å². The van der Waals surface area contributed by atoms with Crippen molar-refractivity contribution in [1.29, 1.82) is 0 Å². The molecule has 2 N–H and O–H groups in total. The van der Waals surface area contributed by atoms with Gasteiger partial charge in [0.25, 0.3) is 0 Å². The summed E-state index contributed by atoms with van der Waals surface area (Å²) in [6.07, 6.45) is 4.20. The first-order chi connectivity index (χ1) is 13.1. The van der Waals surface area contributed by atoms with Crippen molar-refractivity contribution in [3.8, 4) is 0 Å². The van der Waals surface area contributed by atoms with Gasteiger partial charge < -0.3 is 15.4 Å². The average molecular weight is 373 g/mol. The molecule has 1 saturated carbocycles. The monoisotopic (exact) mass is 373 g/mol. The van der Waals surface area contributed by atoms with E-state index in [1.165, 1.54) is 0 Å². The minimum atomic E-state index is -0.406. The van der Waals surface area contributed by atoms with Crippen LogP contribution in [-0.2, 0) is 19.7 Å². The highest BCUT2D eigenvalue weighted by Gasteiger charge is 2.45. The average Bonchev–Trinajstić information content (AvgIpc) is 2.63. The number of nitrogens with zero attached hydrogens (tertiary/aromatic N) is 1. The third kappa shape index (κ3) is 4.87. The lowest BCUT2D eigenvalue weighted by molar-refractivity contribution is -0.130. The fourth-order valence-corrected chi connectivity index (χ4v) is 3.82. The van der Waals surface area contributed by atoms with Crippen molar-refractivity contribution in [2.45, 2.75) is 44.4 Å². The Morgan fingerprint density at radius 2 is 1.85 bits per heavy atom. The number of hydrogen-bond acceptors (Lipinski definition) is 4. The van der Waals surface area contributed by atoms with Crippen molar-refractivity contribution in [1.82, 2.24) is 10.2 Å². The highest BCUT2D eigenvalue weighted by molar-refractivity contribution is 5.91. The molecule has 0 unspecified atom stereocenters. The normalized spacial score (nSPS) is 19.1. The molecule has 3 rings (SSSR count). The van der Waals surface area contributed by atoms with Gasteiger partial charge in [-0.1, -0.05) is 25.5 Å². The molecule has 2 aliphatic rings. The van der Waals surface area contributed by atoms with Crippen molar-refractivity contribution in [3.05, 3.63) is 29.8 Å². The van der Waals surface area contributed by atoms with Crippen molar-refractivity contribution in [2.75, 3.05) is 44.7 Å². The van der Waals surface area contributed by atoms with Gasteiger partial charge in [-0.2, -0.15) is 0 Å². The molecule has 0 aromatic heterocycles. The molecule has 1 aliphatic heterocycles. The molecule has 2 fully saturated rings. The maximum Gasteiger partial charge on any atom is 0.230 e. The van der Waals surface area contributed by atoms with Gasteiger partial charge in [0.05, 0.1) is 18.6 Å². The summed E-state index contributed by atoms with van der Waals surface area (Å²) in [5.74, 6) is 0.161. The Morgan fingerprint density at radius 3 is 2.44 bits per heavy atom. The van der Waals surface area contributed by atoms with Crippen LogP contribution in [0.25, 0.3) is 0 Å². The molecule has 148 valence electrons. The summed E-state index contributed by atoms with van der Waals surface area (Å²) in [6, 6.07) is 7.79. The third-order valence-corrected chi connectivity index (χ3v) is 5.66. The molecule has 0 radical (unpaired) electrons. The molecule has 6 heteroatoms. The first-order valence-electron chi connectivity index (χ1n) is 10.1. The van der Waals surface area contributed by atoms with Gasteiger partial charge in [-0.15, -0.1) is 0 Å². The van der Waals surface area contributed by atoms with E-state index >= 15 is 0 Å². The number of morpholine rings is 1. The maximum atomic E-state index is 12.9. The van der Waals surface area contributed by atoms with Crippen LogP contribution in [0.1, 0.15) is 44.6 Å². The summed E-state index contributed by atoms with van der Waals surface area (Å²) in [6.45, 7) is 6.95. The van der Waals surface area contributed by atoms with E-state index in [1.54, 1.807) is 0 Å². The van der Waals surface area contributed by atoms with E-state index in [0.29, 0.717) is 13.0 Å². The van der Waals surface area contributed by atoms with Crippen LogP contribution >= 0.6 is 0 Å². The van der Waals surface area contributed by atoms with E-state index in [0.717, 1.165) is 69.8 Å². The molecule has 1 aliphatic carbocycles. The van der Waals surface area contributed by atoms with Gasteiger partial charge in [0, 0.05) is 38.3 Å². The molecule has 0 spiro atoms. The third-order valence-electron chi connectivity index (χ3n) is 5.66. The number of hydrogen-bond donors (Lipinski definition) is 2. The minimum Gasteiger partial charge on any atom is -0.379 e. The van der Waals surface area contributed by atoms with Gasteiger partial charge in [-0.25, -0.2) is 0 Å². The zero-order chi connectivity index (χ0) is 19.1. The second-order valence-corrected chi connectivity index (χ2v) is 7.52. The van der Waals surface area contributed by atoms with E-state index in [1.807, 2.05) is 31.2 Å². The number of anilines is 1. The molecular weight excluding hydrogens is 342 g/mol. The lowest BCUT2D eigenvalue weighted by Crippen LogP contribution is -2.51.